The van der Waals surface area contributed by atoms with Crippen LogP contribution in [0.1, 0.15) is 31.1 Å². The highest BCUT2D eigenvalue weighted by Crippen LogP contribution is 2.44. The van der Waals surface area contributed by atoms with Crippen molar-refractivity contribution in [3.8, 4) is 0 Å². The van der Waals surface area contributed by atoms with Gasteiger partial charge in [0.05, 0.1) is 18.2 Å². The van der Waals surface area contributed by atoms with Crippen molar-refractivity contribution in [3.05, 3.63) is 18.2 Å². The molecule has 2 aliphatic heterocycles. The summed E-state index contributed by atoms with van der Waals surface area (Å²) in [6.45, 7) is 0. The van der Waals surface area contributed by atoms with Gasteiger partial charge >= 0.3 is 0 Å². The van der Waals surface area contributed by atoms with Gasteiger partial charge in [0.2, 0.25) is 0 Å². The number of nitrogens with two attached hydrogens (primary N) is 1. The Labute approximate surface area is 95.0 Å². The van der Waals surface area contributed by atoms with E-state index >= 15 is 0 Å². The van der Waals surface area contributed by atoms with Gasteiger partial charge in [-0.15, -0.1) is 0 Å². The molecule has 4 unspecified atom stereocenters. The number of hydrogen-bond donors (Lipinski definition) is 2. The Morgan fingerprint density at radius 2 is 2.50 bits per heavy atom. The van der Waals surface area contributed by atoms with Crippen LogP contribution >= 0.6 is 0 Å². The zero-order valence-corrected chi connectivity index (χ0v) is 9.47. The molecule has 3 rings (SSSR count). The molecular weight excluding hydrogens is 204 g/mol. The fourth-order valence-corrected chi connectivity index (χ4v) is 3.09. The van der Waals surface area contributed by atoms with Crippen molar-refractivity contribution in [2.75, 3.05) is 0 Å². The van der Waals surface area contributed by atoms with E-state index in [0.29, 0.717) is 18.1 Å². The fraction of sp³-hybridized carbons (Fsp3) is 0.727. The number of imidazole rings is 1. The molecule has 2 saturated heterocycles. The summed E-state index contributed by atoms with van der Waals surface area (Å²) in [6.07, 6.45) is 8.05. The molecule has 0 aromatic carbocycles. The third-order valence-corrected chi connectivity index (χ3v) is 3.90. The van der Waals surface area contributed by atoms with E-state index in [4.69, 9.17) is 10.6 Å². The fourth-order valence-electron chi connectivity index (χ4n) is 3.09. The number of ether oxygens (including phenoxy) is 1. The Morgan fingerprint density at radius 1 is 1.62 bits per heavy atom. The maximum atomic E-state index is 5.87. The maximum absolute atomic E-state index is 5.87. The van der Waals surface area contributed by atoms with Crippen LogP contribution < -0.4 is 11.3 Å². The van der Waals surface area contributed by atoms with Gasteiger partial charge in [-0.25, -0.2) is 10.4 Å². The highest BCUT2D eigenvalue weighted by atomic mass is 16.5. The first kappa shape index (κ1) is 10.3. The van der Waals surface area contributed by atoms with Crippen LogP contribution in [0.2, 0.25) is 0 Å². The summed E-state index contributed by atoms with van der Waals surface area (Å²) in [4.78, 5) is 4.38. The SMILES string of the molecule is Cn1ccnc1C(NN)C1CC2CCC1O2. The van der Waals surface area contributed by atoms with E-state index in [2.05, 4.69) is 10.4 Å². The lowest BCUT2D eigenvalue weighted by atomic mass is 9.83. The smallest absolute Gasteiger partial charge is 0.127 e. The molecule has 5 nitrogen and oxygen atoms in total. The van der Waals surface area contributed by atoms with Crippen molar-refractivity contribution in [2.24, 2.45) is 18.8 Å². The quantitative estimate of drug-likeness (QED) is 0.577. The van der Waals surface area contributed by atoms with Gasteiger partial charge in [-0.3, -0.25) is 5.84 Å². The summed E-state index contributed by atoms with van der Waals surface area (Å²) in [5.41, 5.74) is 2.91. The average Bonchev–Trinajstić information content (AvgIpc) is 2.97. The highest BCUT2D eigenvalue weighted by molar-refractivity contribution is 5.05. The molecule has 16 heavy (non-hydrogen) atoms. The molecule has 2 aliphatic rings. The van der Waals surface area contributed by atoms with Crippen LogP contribution in [0.3, 0.4) is 0 Å². The monoisotopic (exact) mass is 222 g/mol. The lowest BCUT2D eigenvalue weighted by molar-refractivity contribution is 0.0847. The zero-order valence-electron chi connectivity index (χ0n) is 9.47. The van der Waals surface area contributed by atoms with Gasteiger partial charge in [0.25, 0.3) is 0 Å². The lowest BCUT2D eigenvalue weighted by Crippen LogP contribution is -2.39. The van der Waals surface area contributed by atoms with Crippen molar-refractivity contribution in [3.63, 3.8) is 0 Å². The first-order chi connectivity index (χ1) is 7.79. The predicted octanol–water partition coefficient (Wildman–Crippen LogP) is 0.492. The minimum absolute atomic E-state index is 0.107. The van der Waals surface area contributed by atoms with Crippen LogP contribution in [0.15, 0.2) is 12.4 Å². The van der Waals surface area contributed by atoms with Gasteiger partial charge < -0.3 is 9.30 Å². The topological polar surface area (TPSA) is 65.1 Å². The molecule has 0 aliphatic carbocycles. The number of aryl methyl sites for hydroxylation is 1. The molecular formula is C11H18N4O. The maximum Gasteiger partial charge on any atom is 0.127 e. The van der Waals surface area contributed by atoms with Gasteiger partial charge in [0.1, 0.15) is 5.82 Å². The summed E-state index contributed by atoms with van der Waals surface area (Å²) < 4.78 is 7.90. The van der Waals surface area contributed by atoms with E-state index in [1.165, 1.54) is 6.42 Å². The standard InChI is InChI=1S/C11H18N4O/c1-15-5-4-13-11(15)10(14-12)8-6-7-2-3-9(8)16-7/h4-5,7-10,14H,2-3,6,12H2,1H3. The van der Waals surface area contributed by atoms with E-state index in [1.54, 1.807) is 0 Å². The summed E-state index contributed by atoms with van der Waals surface area (Å²) in [7, 11) is 2.00. The number of hydrogen-bond acceptors (Lipinski definition) is 4. The molecule has 0 saturated carbocycles. The number of rotatable bonds is 3. The molecule has 1 aromatic heterocycles. The van der Waals surface area contributed by atoms with E-state index in [0.717, 1.165) is 18.7 Å². The van der Waals surface area contributed by atoms with Crippen LogP contribution in [0, 0.1) is 5.92 Å². The minimum Gasteiger partial charge on any atom is -0.375 e. The Bertz CT molecular complexity index is 378. The molecule has 2 bridgehead atoms. The molecule has 0 spiro atoms. The van der Waals surface area contributed by atoms with E-state index in [1.807, 2.05) is 24.0 Å². The van der Waals surface area contributed by atoms with Crippen LogP contribution in [-0.2, 0) is 11.8 Å². The van der Waals surface area contributed by atoms with E-state index in [-0.39, 0.29) is 6.04 Å². The van der Waals surface area contributed by atoms with E-state index < -0.39 is 0 Å². The molecule has 2 fully saturated rings. The Morgan fingerprint density at radius 3 is 3.00 bits per heavy atom. The molecule has 4 atom stereocenters. The number of fused-ring (bicyclic) bond motifs is 2. The number of nitrogens with one attached hydrogen (secondary N) is 1. The molecule has 3 heterocycles. The highest BCUT2D eigenvalue weighted by Gasteiger charge is 2.45. The summed E-state index contributed by atoms with van der Waals surface area (Å²) in [6, 6.07) is 0.107. The molecule has 5 heteroatoms. The van der Waals surface area contributed by atoms with Gasteiger partial charge in [0, 0.05) is 25.4 Å². The van der Waals surface area contributed by atoms with Crippen LogP contribution in [0.25, 0.3) is 0 Å². The third kappa shape index (κ3) is 1.47. The van der Waals surface area contributed by atoms with Crippen molar-refractivity contribution in [1.82, 2.24) is 15.0 Å². The van der Waals surface area contributed by atoms with Crippen molar-refractivity contribution < 1.29 is 4.74 Å². The zero-order chi connectivity index (χ0) is 11.1. The second kappa shape index (κ2) is 3.84. The molecule has 3 N–H and O–H groups in total. The third-order valence-electron chi connectivity index (χ3n) is 3.90. The number of nitrogens with zero attached hydrogens (tertiary/aromatic N) is 2. The van der Waals surface area contributed by atoms with Gasteiger partial charge in [0.15, 0.2) is 0 Å². The molecule has 0 amide bonds. The molecule has 0 radical (unpaired) electrons. The van der Waals surface area contributed by atoms with Crippen molar-refractivity contribution in [1.29, 1.82) is 0 Å². The average molecular weight is 222 g/mol. The van der Waals surface area contributed by atoms with Crippen LogP contribution in [0.5, 0.6) is 0 Å². The first-order valence-electron chi connectivity index (χ1n) is 5.88. The van der Waals surface area contributed by atoms with Gasteiger partial charge in [-0.2, -0.15) is 0 Å². The summed E-state index contributed by atoms with van der Waals surface area (Å²) in [5, 5.41) is 0. The number of hydrazine groups is 1. The van der Waals surface area contributed by atoms with Crippen LogP contribution in [0.4, 0.5) is 0 Å². The second-order valence-corrected chi connectivity index (χ2v) is 4.81. The Balaban J connectivity index is 1.84. The van der Waals surface area contributed by atoms with Crippen molar-refractivity contribution >= 4 is 0 Å². The largest absolute Gasteiger partial charge is 0.375 e. The first-order valence-corrected chi connectivity index (χ1v) is 5.88. The normalized spacial score (nSPS) is 34.5. The van der Waals surface area contributed by atoms with Crippen molar-refractivity contribution in [2.45, 2.75) is 37.5 Å². The minimum atomic E-state index is 0.107. The molecule has 1 aromatic rings. The Kier molecular flexibility index (Phi) is 2.46. The van der Waals surface area contributed by atoms with Gasteiger partial charge in [-0.05, 0) is 19.3 Å². The Hall–Kier alpha value is -0.910. The number of aromatic nitrogens is 2. The van der Waals surface area contributed by atoms with E-state index in [9.17, 15) is 0 Å². The summed E-state index contributed by atoms with van der Waals surface area (Å²) >= 11 is 0. The van der Waals surface area contributed by atoms with Gasteiger partial charge in [-0.1, -0.05) is 0 Å². The van der Waals surface area contributed by atoms with Crippen LogP contribution in [-0.4, -0.2) is 21.8 Å². The second-order valence-electron chi connectivity index (χ2n) is 4.81. The lowest BCUT2D eigenvalue weighted by Gasteiger charge is -2.27. The summed E-state index contributed by atoms with van der Waals surface area (Å²) in [5.74, 6) is 7.15. The predicted molar refractivity (Wildman–Crippen MR) is 59.3 cm³/mol. The molecule has 88 valence electrons.